The molecule has 1 N–H and O–H groups in total. The molecule has 5 heteroatoms. The molecular formula is C13H20ClN2O2-. The molecule has 0 heterocycles. The number of hydrogen-bond acceptors (Lipinski definition) is 3. The Morgan fingerprint density at radius 1 is 1.28 bits per heavy atom. The Hall–Kier alpha value is -1.26. The molecule has 1 amide bonds. The van der Waals surface area contributed by atoms with Crippen molar-refractivity contribution < 1.29 is 21.9 Å². The first-order chi connectivity index (χ1) is 8.18. The number of nitrogens with one attached hydrogen (secondary N) is 1. The van der Waals surface area contributed by atoms with Crippen LogP contribution < -0.4 is 22.5 Å². The molecule has 0 bridgehead atoms. The second-order valence-electron chi connectivity index (χ2n) is 4.11. The van der Waals surface area contributed by atoms with Gasteiger partial charge in [-0.3, -0.25) is 4.79 Å². The average molecular weight is 272 g/mol. The van der Waals surface area contributed by atoms with Gasteiger partial charge in [-0.25, -0.2) is 0 Å². The number of benzene rings is 1. The number of hydrogen-bond donors (Lipinski definition) is 1. The van der Waals surface area contributed by atoms with E-state index in [9.17, 15) is 4.79 Å². The molecule has 1 rings (SSSR count). The lowest BCUT2D eigenvalue weighted by molar-refractivity contribution is -0.123. The first kappa shape index (κ1) is 16.7. The van der Waals surface area contributed by atoms with Gasteiger partial charge in [-0.1, -0.05) is 18.2 Å². The van der Waals surface area contributed by atoms with Crippen molar-refractivity contribution in [2.75, 3.05) is 33.8 Å². The van der Waals surface area contributed by atoms with Gasteiger partial charge in [-0.05, 0) is 39.2 Å². The van der Waals surface area contributed by atoms with E-state index in [1.807, 2.05) is 44.4 Å². The molecule has 0 aliphatic heterocycles. The fraction of sp³-hybridized carbons (Fsp3) is 0.462. The van der Waals surface area contributed by atoms with Crippen LogP contribution >= 0.6 is 0 Å². The lowest BCUT2D eigenvalue weighted by Gasteiger charge is -2.10. The van der Waals surface area contributed by atoms with E-state index in [2.05, 4.69) is 10.2 Å². The van der Waals surface area contributed by atoms with Gasteiger partial charge in [0, 0.05) is 6.54 Å². The van der Waals surface area contributed by atoms with E-state index in [4.69, 9.17) is 4.74 Å². The molecule has 0 aliphatic rings. The predicted octanol–water partition coefficient (Wildman–Crippen LogP) is -1.86. The van der Waals surface area contributed by atoms with Crippen LogP contribution in [0, 0.1) is 0 Å². The summed E-state index contributed by atoms with van der Waals surface area (Å²) in [5.74, 6) is 0.642. The quantitative estimate of drug-likeness (QED) is 0.592. The van der Waals surface area contributed by atoms with Crippen LogP contribution in [0.15, 0.2) is 30.3 Å². The molecule has 1 aromatic rings. The highest BCUT2D eigenvalue weighted by Gasteiger charge is 2.01. The second-order valence-corrected chi connectivity index (χ2v) is 4.11. The minimum Gasteiger partial charge on any atom is -1.00 e. The fourth-order valence-corrected chi connectivity index (χ4v) is 1.34. The molecule has 0 aliphatic carbocycles. The monoisotopic (exact) mass is 271 g/mol. The van der Waals surface area contributed by atoms with Crippen molar-refractivity contribution in [2.24, 2.45) is 0 Å². The molecule has 1 aromatic carbocycles. The summed E-state index contributed by atoms with van der Waals surface area (Å²) >= 11 is 0. The smallest absolute Gasteiger partial charge is 0.257 e. The van der Waals surface area contributed by atoms with Gasteiger partial charge in [0.2, 0.25) is 0 Å². The predicted molar refractivity (Wildman–Crippen MR) is 68.1 cm³/mol. The number of para-hydroxylation sites is 1. The highest BCUT2D eigenvalue weighted by atomic mass is 35.5. The van der Waals surface area contributed by atoms with Crippen molar-refractivity contribution in [3.05, 3.63) is 30.3 Å². The Kier molecular flexibility index (Phi) is 9.06. The van der Waals surface area contributed by atoms with Gasteiger partial charge in [0.1, 0.15) is 5.75 Å². The molecule has 0 atom stereocenters. The standard InChI is InChI=1S/C13H20N2O2.ClH/c1-15(2)10-6-9-14-13(16)11-17-12-7-4-3-5-8-12;/h3-5,7-8H,6,9-11H2,1-2H3,(H,14,16);1H/p-1. The molecule has 0 unspecified atom stereocenters. The van der Waals surface area contributed by atoms with Crippen molar-refractivity contribution in [3.8, 4) is 5.75 Å². The van der Waals surface area contributed by atoms with Crippen molar-refractivity contribution in [1.82, 2.24) is 10.2 Å². The normalized spacial score (nSPS) is 9.72. The first-order valence-corrected chi connectivity index (χ1v) is 5.78. The third-order valence-corrected chi connectivity index (χ3v) is 2.22. The summed E-state index contributed by atoms with van der Waals surface area (Å²) in [5, 5.41) is 2.82. The zero-order valence-electron chi connectivity index (χ0n) is 10.9. The Morgan fingerprint density at radius 2 is 1.94 bits per heavy atom. The summed E-state index contributed by atoms with van der Waals surface area (Å²) in [5.41, 5.74) is 0. The minimum absolute atomic E-state index is 0. The van der Waals surface area contributed by atoms with Crippen LogP contribution in [0.25, 0.3) is 0 Å². The fourth-order valence-electron chi connectivity index (χ4n) is 1.34. The summed E-state index contributed by atoms with van der Waals surface area (Å²) in [6.45, 7) is 1.74. The summed E-state index contributed by atoms with van der Waals surface area (Å²) in [6, 6.07) is 9.33. The van der Waals surface area contributed by atoms with E-state index < -0.39 is 0 Å². The summed E-state index contributed by atoms with van der Waals surface area (Å²) in [4.78, 5) is 13.5. The second kappa shape index (κ2) is 9.74. The van der Waals surface area contributed by atoms with Gasteiger partial charge in [0.15, 0.2) is 6.61 Å². The molecule has 0 fully saturated rings. The number of amides is 1. The number of ether oxygens (including phenoxy) is 1. The summed E-state index contributed by atoms with van der Waals surface area (Å²) in [6.07, 6.45) is 0.948. The van der Waals surface area contributed by atoms with Gasteiger partial charge >= 0.3 is 0 Å². The number of carbonyl (C=O) groups is 1. The van der Waals surface area contributed by atoms with Gasteiger partial charge in [0.25, 0.3) is 5.91 Å². The third-order valence-electron chi connectivity index (χ3n) is 2.22. The number of rotatable bonds is 7. The van der Waals surface area contributed by atoms with Crippen LogP contribution in [-0.2, 0) is 4.79 Å². The van der Waals surface area contributed by atoms with E-state index in [-0.39, 0.29) is 24.9 Å². The van der Waals surface area contributed by atoms with E-state index in [0.717, 1.165) is 18.7 Å². The highest BCUT2D eigenvalue weighted by Crippen LogP contribution is 2.07. The minimum atomic E-state index is -0.0763. The van der Waals surface area contributed by atoms with E-state index in [0.29, 0.717) is 6.54 Å². The SMILES string of the molecule is CN(C)CCCNC(=O)COc1ccccc1.[Cl-]. The van der Waals surface area contributed by atoms with Crippen LogP contribution in [-0.4, -0.2) is 44.6 Å². The van der Waals surface area contributed by atoms with Crippen LogP contribution in [0.2, 0.25) is 0 Å². The zero-order chi connectivity index (χ0) is 12.5. The van der Waals surface area contributed by atoms with Crippen LogP contribution in [0.5, 0.6) is 5.75 Å². The number of halogens is 1. The Balaban J connectivity index is 0.00000289. The van der Waals surface area contributed by atoms with Crippen molar-refractivity contribution >= 4 is 5.91 Å². The van der Waals surface area contributed by atoms with Crippen LogP contribution in [0.1, 0.15) is 6.42 Å². The maximum Gasteiger partial charge on any atom is 0.257 e. The number of carbonyl (C=O) groups excluding carboxylic acids is 1. The Bertz CT molecular complexity index is 331. The van der Waals surface area contributed by atoms with Gasteiger partial charge in [-0.15, -0.1) is 0 Å². The molecule has 102 valence electrons. The van der Waals surface area contributed by atoms with Crippen LogP contribution in [0.4, 0.5) is 0 Å². The molecule has 0 aromatic heterocycles. The molecule has 4 nitrogen and oxygen atoms in total. The number of nitrogens with zero attached hydrogens (tertiary/aromatic N) is 1. The lowest BCUT2D eigenvalue weighted by atomic mass is 10.3. The van der Waals surface area contributed by atoms with Gasteiger partial charge < -0.3 is 27.4 Å². The molecular weight excluding hydrogens is 252 g/mol. The zero-order valence-corrected chi connectivity index (χ0v) is 11.6. The molecule has 0 radical (unpaired) electrons. The maximum absolute atomic E-state index is 11.4. The van der Waals surface area contributed by atoms with Crippen molar-refractivity contribution in [2.45, 2.75) is 6.42 Å². The molecule has 0 spiro atoms. The van der Waals surface area contributed by atoms with Crippen molar-refractivity contribution in [3.63, 3.8) is 0 Å². The highest BCUT2D eigenvalue weighted by molar-refractivity contribution is 5.77. The van der Waals surface area contributed by atoms with Gasteiger partial charge in [0.05, 0.1) is 0 Å². The Morgan fingerprint density at radius 3 is 2.56 bits per heavy atom. The van der Waals surface area contributed by atoms with Gasteiger partial charge in [-0.2, -0.15) is 0 Å². The lowest BCUT2D eigenvalue weighted by Crippen LogP contribution is -3.00. The van der Waals surface area contributed by atoms with E-state index in [1.54, 1.807) is 0 Å². The average Bonchev–Trinajstić information content (AvgIpc) is 2.33. The molecule has 0 saturated heterocycles. The third kappa shape index (κ3) is 7.92. The maximum atomic E-state index is 11.4. The first-order valence-electron chi connectivity index (χ1n) is 5.78. The Labute approximate surface area is 115 Å². The van der Waals surface area contributed by atoms with Crippen LogP contribution in [0.3, 0.4) is 0 Å². The topological polar surface area (TPSA) is 41.6 Å². The summed E-state index contributed by atoms with van der Waals surface area (Å²) < 4.78 is 5.32. The summed E-state index contributed by atoms with van der Waals surface area (Å²) in [7, 11) is 4.03. The molecule has 18 heavy (non-hydrogen) atoms. The largest absolute Gasteiger partial charge is 1.00 e. The molecule has 0 saturated carbocycles. The van der Waals surface area contributed by atoms with E-state index >= 15 is 0 Å². The van der Waals surface area contributed by atoms with Crippen molar-refractivity contribution in [1.29, 1.82) is 0 Å². The van der Waals surface area contributed by atoms with E-state index in [1.165, 1.54) is 0 Å².